The van der Waals surface area contributed by atoms with Gasteiger partial charge in [-0.3, -0.25) is 9.59 Å². The van der Waals surface area contributed by atoms with Gasteiger partial charge in [-0.15, -0.1) is 0 Å². The number of carbonyl (C=O) groups is 2. The number of nitrogens with one attached hydrogen (secondary N) is 1. The maximum atomic E-state index is 13.0. The van der Waals surface area contributed by atoms with E-state index in [-0.39, 0.29) is 5.56 Å². The summed E-state index contributed by atoms with van der Waals surface area (Å²) in [7, 11) is 0. The predicted molar refractivity (Wildman–Crippen MR) is 140 cm³/mol. The van der Waals surface area contributed by atoms with Crippen LogP contribution >= 0.6 is 11.6 Å². The lowest BCUT2D eigenvalue weighted by Gasteiger charge is -2.29. The van der Waals surface area contributed by atoms with Gasteiger partial charge < -0.3 is 24.8 Å². The summed E-state index contributed by atoms with van der Waals surface area (Å²) in [5.41, 5.74) is 2.69. The van der Waals surface area contributed by atoms with Crippen molar-refractivity contribution >= 4 is 28.9 Å². The average Bonchev–Trinajstić information content (AvgIpc) is 3.41. The summed E-state index contributed by atoms with van der Waals surface area (Å²) in [4.78, 5) is 28.1. The molecule has 1 amide bonds. The van der Waals surface area contributed by atoms with Gasteiger partial charge in [-0.25, -0.2) is 0 Å². The summed E-state index contributed by atoms with van der Waals surface area (Å²) < 4.78 is 11.2. The molecule has 2 atom stereocenters. The number of aliphatic hydroxyl groups excluding tert-OH is 1. The van der Waals surface area contributed by atoms with E-state index in [1.165, 1.54) is 0 Å². The fourth-order valence-electron chi connectivity index (χ4n) is 4.52. The molecule has 0 unspecified atom stereocenters. The summed E-state index contributed by atoms with van der Waals surface area (Å²) in [5.74, 6) is -0.541. The number of likely N-dealkylation sites (tertiary alicyclic amines) is 1. The standard InChI is InChI=1S/C28H31ClN2O5/c1-3-6-18(2)19-7-9-20(10-8-19)26(33)28(34)30-23(17-31-11-4-5-12-31)25(32)21-15-22(29)27-24(16-21)35-13-14-36-27/h3,6-10,15-16,23,25,32H,1,4-5,11-14,17H2,2H3,(H,30,34)/b18-6+/t23-,25-/m1/s1. The number of hydrogen-bond donors (Lipinski definition) is 2. The molecule has 0 spiro atoms. The summed E-state index contributed by atoms with van der Waals surface area (Å²) in [6.07, 6.45) is 4.57. The molecule has 1 fully saturated rings. The zero-order valence-electron chi connectivity index (χ0n) is 20.3. The van der Waals surface area contributed by atoms with Crippen LogP contribution in [0.25, 0.3) is 5.57 Å². The molecule has 0 radical (unpaired) electrons. The van der Waals surface area contributed by atoms with Gasteiger partial charge in [-0.1, -0.05) is 54.6 Å². The van der Waals surface area contributed by atoms with Crippen molar-refractivity contribution in [3.63, 3.8) is 0 Å². The van der Waals surface area contributed by atoms with E-state index in [1.54, 1.807) is 42.5 Å². The first-order chi connectivity index (χ1) is 17.4. The van der Waals surface area contributed by atoms with Crippen LogP contribution in [-0.4, -0.2) is 60.6 Å². The monoisotopic (exact) mass is 510 g/mol. The van der Waals surface area contributed by atoms with Crippen molar-refractivity contribution < 1.29 is 24.2 Å². The van der Waals surface area contributed by atoms with Crippen LogP contribution in [0.5, 0.6) is 11.5 Å². The molecule has 36 heavy (non-hydrogen) atoms. The SMILES string of the molecule is C=C/C=C(\C)c1ccc(C(=O)C(=O)N[C@H](CN2CCCC2)[C@H](O)c2cc(Cl)c3c(c2)OCCO3)cc1. The van der Waals surface area contributed by atoms with Crippen LogP contribution in [0.4, 0.5) is 0 Å². The van der Waals surface area contributed by atoms with Gasteiger partial charge in [0, 0.05) is 12.1 Å². The number of allylic oxidation sites excluding steroid dienone is 3. The van der Waals surface area contributed by atoms with Crippen LogP contribution in [0.2, 0.25) is 5.02 Å². The fourth-order valence-corrected chi connectivity index (χ4v) is 4.80. The second-order valence-electron chi connectivity index (χ2n) is 9.05. The second kappa shape index (κ2) is 11.7. The Morgan fingerprint density at radius 3 is 2.50 bits per heavy atom. The van der Waals surface area contributed by atoms with Gasteiger partial charge in [0.25, 0.3) is 5.91 Å². The van der Waals surface area contributed by atoms with E-state index in [1.807, 2.05) is 13.0 Å². The van der Waals surface area contributed by atoms with Crippen molar-refractivity contribution in [3.05, 3.63) is 76.8 Å². The third-order valence-corrected chi connectivity index (χ3v) is 6.77. The molecule has 7 nitrogen and oxygen atoms in total. The Morgan fingerprint density at radius 1 is 1.14 bits per heavy atom. The zero-order valence-corrected chi connectivity index (χ0v) is 21.1. The minimum absolute atomic E-state index is 0.277. The highest BCUT2D eigenvalue weighted by Gasteiger charge is 2.30. The highest BCUT2D eigenvalue weighted by atomic mass is 35.5. The Labute approximate surface area is 216 Å². The van der Waals surface area contributed by atoms with Gasteiger partial charge in [-0.2, -0.15) is 0 Å². The summed E-state index contributed by atoms with van der Waals surface area (Å²) in [6, 6.07) is 9.41. The van der Waals surface area contributed by atoms with Gasteiger partial charge in [0.2, 0.25) is 5.78 Å². The predicted octanol–water partition coefficient (Wildman–Crippen LogP) is 4.20. The number of halogens is 1. The first kappa shape index (κ1) is 25.9. The van der Waals surface area contributed by atoms with Crippen molar-refractivity contribution in [2.24, 2.45) is 0 Å². The fraction of sp³-hybridized carbons (Fsp3) is 0.357. The quantitative estimate of drug-likeness (QED) is 0.299. The highest BCUT2D eigenvalue weighted by molar-refractivity contribution is 6.42. The Morgan fingerprint density at radius 2 is 1.81 bits per heavy atom. The Kier molecular flexibility index (Phi) is 8.46. The van der Waals surface area contributed by atoms with E-state index < -0.39 is 23.8 Å². The van der Waals surface area contributed by atoms with Crippen LogP contribution in [0, 0.1) is 0 Å². The van der Waals surface area contributed by atoms with Gasteiger partial charge >= 0.3 is 0 Å². The third kappa shape index (κ3) is 5.98. The number of aliphatic hydroxyl groups is 1. The molecule has 2 aliphatic heterocycles. The molecule has 0 saturated carbocycles. The molecule has 190 valence electrons. The first-order valence-electron chi connectivity index (χ1n) is 12.1. The van der Waals surface area contributed by atoms with Crippen LogP contribution < -0.4 is 14.8 Å². The number of ketones is 1. The number of benzene rings is 2. The summed E-state index contributed by atoms with van der Waals surface area (Å²) in [5, 5.41) is 14.4. The minimum atomic E-state index is -1.11. The molecule has 1 saturated heterocycles. The highest BCUT2D eigenvalue weighted by Crippen LogP contribution is 2.40. The number of rotatable bonds is 9. The van der Waals surface area contributed by atoms with Gasteiger partial charge in [-0.05, 0) is 61.7 Å². The number of carbonyl (C=O) groups excluding carboxylic acids is 2. The average molecular weight is 511 g/mol. The number of amides is 1. The molecule has 0 aromatic heterocycles. The zero-order chi connectivity index (χ0) is 25.7. The van der Waals surface area contributed by atoms with E-state index in [2.05, 4.69) is 16.8 Å². The van der Waals surface area contributed by atoms with E-state index in [4.69, 9.17) is 21.1 Å². The largest absolute Gasteiger partial charge is 0.486 e. The van der Waals surface area contributed by atoms with E-state index >= 15 is 0 Å². The maximum Gasteiger partial charge on any atom is 0.292 e. The molecule has 2 heterocycles. The Balaban J connectivity index is 1.53. The smallest absolute Gasteiger partial charge is 0.292 e. The van der Waals surface area contributed by atoms with Gasteiger partial charge in [0.15, 0.2) is 11.5 Å². The molecule has 0 aliphatic carbocycles. The Bertz CT molecular complexity index is 1160. The normalized spacial score (nSPS) is 17.4. The molecule has 4 rings (SSSR count). The number of Topliss-reactive ketones (excluding diaryl/α,β-unsaturated/α-hetero) is 1. The van der Waals surface area contributed by atoms with Crippen LogP contribution in [0.1, 0.15) is 47.4 Å². The number of nitrogens with zero attached hydrogens (tertiary/aromatic N) is 1. The van der Waals surface area contributed by atoms with Crippen molar-refractivity contribution in [3.8, 4) is 11.5 Å². The molecule has 2 aromatic rings. The number of ether oxygens (including phenoxy) is 2. The third-order valence-electron chi connectivity index (χ3n) is 6.49. The summed E-state index contributed by atoms with van der Waals surface area (Å²) >= 11 is 6.38. The van der Waals surface area contributed by atoms with Gasteiger partial charge in [0.1, 0.15) is 19.3 Å². The molecule has 0 bridgehead atoms. The second-order valence-corrected chi connectivity index (χ2v) is 9.46. The molecule has 8 heteroatoms. The van der Waals surface area contributed by atoms with Crippen LogP contribution in [-0.2, 0) is 4.79 Å². The van der Waals surface area contributed by atoms with Crippen molar-refractivity contribution in [1.82, 2.24) is 10.2 Å². The Hall–Kier alpha value is -3.13. The van der Waals surface area contributed by atoms with E-state index in [0.717, 1.165) is 37.1 Å². The van der Waals surface area contributed by atoms with Gasteiger partial charge in [0.05, 0.1) is 11.1 Å². The van der Waals surface area contributed by atoms with E-state index in [0.29, 0.717) is 41.8 Å². The molecule has 2 N–H and O–H groups in total. The molecular weight excluding hydrogens is 480 g/mol. The van der Waals surface area contributed by atoms with Crippen molar-refractivity contribution in [2.45, 2.75) is 31.9 Å². The number of fused-ring (bicyclic) bond motifs is 1. The first-order valence-corrected chi connectivity index (χ1v) is 12.5. The topological polar surface area (TPSA) is 88.1 Å². The number of hydrogen-bond acceptors (Lipinski definition) is 6. The van der Waals surface area contributed by atoms with Crippen molar-refractivity contribution in [2.75, 3.05) is 32.8 Å². The van der Waals surface area contributed by atoms with Crippen molar-refractivity contribution in [1.29, 1.82) is 0 Å². The molecule has 2 aliphatic rings. The lowest BCUT2D eigenvalue weighted by Crippen LogP contribution is -2.48. The maximum absolute atomic E-state index is 13.0. The minimum Gasteiger partial charge on any atom is -0.486 e. The lowest BCUT2D eigenvalue weighted by molar-refractivity contribution is -0.118. The van der Waals surface area contributed by atoms with Crippen LogP contribution in [0.15, 0.2) is 55.1 Å². The lowest BCUT2D eigenvalue weighted by atomic mass is 9.99. The molecule has 2 aromatic carbocycles. The summed E-state index contributed by atoms with van der Waals surface area (Å²) in [6.45, 7) is 8.56. The molecular formula is C28H31ClN2O5. The van der Waals surface area contributed by atoms with E-state index in [9.17, 15) is 14.7 Å². The van der Waals surface area contributed by atoms with Crippen LogP contribution in [0.3, 0.4) is 0 Å².